The quantitative estimate of drug-likeness (QED) is 0.664. The van der Waals surface area contributed by atoms with Gasteiger partial charge in [-0.1, -0.05) is 43.7 Å². The van der Waals surface area contributed by atoms with Crippen molar-refractivity contribution < 1.29 is 23.8 Å². The van der Waals surface area contributed by atoms with Gasteiger partial charge in [0.25, 0.3) is 0 Å². The Morgan fingerprint density at radius 2 is 1.88 bits per heavy atom. The molecule has 0 heterocycles. The summed E-state index contributed by atoms with van der Waals surface area (Å²) in [5.41, 5.74) is 0.901. The fourth-order valence-electron chi connectivity index (χ4n) is 2.38. The first-order valence-corrected chi connectivity index (χ1v) is 8.15. The molecule has 1 rings (SSSR count). The molecule has 6 nitrogen and oxygen atoms in total. The van der Waals surface area contributed by atoms with Crippen molar-refractivity contribution in [3.63, 3.8) is 0 Å². The number of carbonyl (C=O) groups is 2. The molecule has 24 heavy (non-hydrogen) atoms. The molecule has 0 aliphatic rings. The zero-order valence-corrected chi connectivity index (χ0v) is 14.6. The molecule has 0 aromatic heterocycles. The molecule has 1 N–H and O–H groups in total. The lowest BCUT2D eigenvalue weighted by Gasteiger charge is -2.22. The van der Waals surface area contributed by atoms with Crippen LogP contribution in [0.3, 0.4) is 0 Å². The summed E-state index contributed by atoms with van der Waals surface area (Å²) in [6.07, 6.45) is 1.84. The van der Waals surface area contributed by atoms with E-state index in [2.05, 4.69) is 12.2 Å². The predicted molar refractivity (Wildman–Crippen MR) is 90.5 cm³/mol. The van der Waals surface area contributed by atoms with Crippen LogP contribution in [0.2, 0.25) is 0 Å². The number of benzene rings is 1. The smallest absolute Gasteiger partial charge is 0.407 e. The number of amides is 1. The molecule has 0 saturated carbocycles. The summed E-state index contributed by atoms with van der Waals surface area (Å²) in [5.74, 6) is -0.380. The second-order valence-corrected chi connectivity index (χ2v) is 5.57. The maximum atomic E-state index is 12.0. The van der Waals surface area contributed by atoms with E-state index in [0.717, 1.165) is 18.4 Å². The van der Waals surface area contributed by atoms with Crippen molar-refractivity contribution in [2.45, 2.75) is 51.4 Å². The minimum absolute atomic E-state index is 0.0286. The van der Waals surface area contributed by atoms with Gasteiger partial charge in [0, 0.05) is 13.2 Å². The third-order valence-electron chi connectivity index (χ3n) is 3.67. The van der Waals surface area contributed by atoms with Crippen molar-refractivity contribution in [3.8, 4) is 0 Å². The fourth-order valence-corrected chi connectivity index (χ4v) is 2.38. The first kappa shape index (κ1) is 20.0. The summed E-state index contributed by atoms with van der Waals surface area (Å²) >= 11 is 0. The molecule has 0 fully saturated rings. The highest BCUT2D eigenvalue weighted by Crippen LogP contribution is 2.12. The van der Waals surface area contributed by atoms with Crippen LogP contribution in [0, 0.1) is 0 Å². The van der Waals surface area contributed by atoms with Gasteiger partial charge in [-0.25, -0.2) is 4.79 Å². The molecule has 1 aromatic rings. The number of methoxy groups -OCH3 is 2. The standard InChI is InChI=1S/C18H27NO5/c1-4-8-16(22-2)11-15(12-17(20)23-3)19-18(21)24-13-14-9-6-5-7-10-14/h5-7,9-10,15-16H,4,8,11-13H2,1-3H3,(H,19,21)/t15-,16-/m0/s1. The Balaban J connectivity index is 2.55. The van der Waals surface area contributed by atoms with E-state index in [9.17, 15) is 9.59 Å². The molecule has 0 bridgehead atoms. The minimum atomic E-state index is -0.556. The molecule has 0 aliphatic heterocycles. The zero-order valence-electron chi connectivity index (χ0n) is 14.6. The fraction of sp³-hybridized carbons (Fsp3) is 0.556. The highest BCUT2D eigenvalue weighted by atomic mass is 16.5. The van der Waals surface area contributed by atoms with E-state index in [1.54, 1.807) is 7.11 Å². The van der Waals surface area contributed by atoms with E-state index >= 15 is 0 Å². The van der Waals surface area contributed by atoms with E-state index in [-0.39, 0.29) is 25.1 Å². The first-order valence-electron chi connectivity index (χ1n) is 8.15. The first-order chi connectivity index (χ1) is 11.6. The van der Waals surface area contributed by atoms with Gasteiger partial charge < -0.3 is 19.5 Å². The zero-order chi connectivity index (χ0) is 17.8. The molecule has 134 valence electrons. The SMILES string of the molecule is CCC[C@@H](C[C@@H](CC(=O)OC)NC(=O)OCc1ccccc1)OC. The Labute approximate surface area is 143 Å². The van der Waals surface area contributed by atoms with Crippen molar-refractivity contribution in [3.05, 3.63) is 35.9 Å². The topological polar surface area (TPSA) is 73.9 Å². The van der Waals surface area contributed by atoms with Gasteiger partial charge in [0.2, 0.25) is 0 Å². The highest BCUT2D eigenvalue weighted by Gasteiger charge is 2.21. The van der Waals surface area contributed by atoms with Gasteiger partial charge in [-0.15, -0.1) is 0 Å². The molecule has 6 heteroatoms. The summed E-state index contributed by atoms with van der Waals surface area (Å²) in [4.78, 5) is 23.6. The van der Waals surface area contributed by atoms with Crippen LogP contribution < -0.4 is 5.32 Å². The van der Waals surface area contributed by atoms with Crippen LogP contribution in [-0.4, -0.2) is 38.4 Å². The van der Waals surface area contributed by atoms with Crippen LogP contribution in [-0.2, 0) is 25.6 Å². The maximum absolute atomic E-state index is 12.0. The van der Waals surface area contributed by atoms with Crippen LogP contribution in [0.1, 0.15) is 38.2 Å². The molecule has 0 radical (unpaired) electrons. The number of ether oxygens (including phenoxy) is 3. The van der Waals surface area contributed by atoms with Crippen LogP contribution in [0.15, 0.2) is 30.3 Å². The van der Waals surface area contributed by atoms with Crippen molar-refractivity contribution in [1.29, 1.82) is 0 Å². The normalized spacial score (nSPS) is 13.0. The van der Waals surface area contributed by atoms with Crippen molar-refractivity contribution in [2.24, 2.45) is 0 Å². The van der Waals surface area contributed by atoms with Gasteiger partial charge in [0.05, 0.1) is 19.6 Å². The average Bonchev–Trinajstić information content (AvgIpc) is 2.60. The van der Waals surface area contributed by atoms with Gasteiger partial charge in [-0.05, 0) is 18.4 Å². The number of hydrogen-bond acceptors (Lipinski definition) is 5. The molecule has 2 atom stereocenters. The largest absolute Gasteiger partial charge is 0.469 e. The molecule has 0 spiro atoms. The third-order valence-corrected chi connectivity index (χ3v) is 3.67. The molecular formula is C18H27NO5. The Kier molecular flexibility index (Phi) is 9.53. The second-order valence-electron chi connectivity index (χ2n) is 5.57. The van der Waals surface area contributed by atoms with E-state index in [1.165, 1.54) is 7.11 Å². The Morgan fingerprint density at radius 1 is 1.17 bits per heavy atom. The lowest BCUT2D eigenvalue weighted by atomic mass is 10.0. The molecule has 0 aliphatic carbocycles. The van der Waals surface area contributed by atoms with Crippen LogP contribution >= 0.6 is 0 Å². The van der Waals surface area contributed by atoms with E-state index in [4.69, 9.17) is 14.2 Å². The molecule has 1 aromatic carbocycles. The van der Waals surface area contributed by atoms with Crippen molar-refractivity contribution in [1.82, 2.24) is 5.32 Å². The number of hydrogen-bond donors (Lipinski definition) is 1. The summed E-state index contributed by atoms with van der Waals surface area (Å²) in [6.45, 7) is 2.24. The minimum Gasteiger partial charge on any atom is -0.469 e. The van der Waals surface area contributed by atoms with Gasteiger partial charge in [0.1, 0.15) is 6.61 Å². The molecular weight excluding hydrogens is 310 g/mol. The summed E-state index contributed by atoms with van der Waals surface area (Å²) in [7, 11) is 2.95. The third kappa shape index (κ3) is 7.97. The Bertz CT molecular complexity index is 491. The van der Waals surface area contributed by atoms with E-state index < -0.39 is 12.1 Å². The van der Waals surface area contributed by atoms with Crippen LogP contribution in [0.4, 0.5) is 4.79 Å². The number of alkyl carbamates (subject to hydrolysis) is 1. The number of nitrogens with one attached hydrogen (secondary N) is 1. The lowest BCUT2D eigenvalue weighted by molar-refractivity contribution is -0.141. The highest BCUT2D eigenvalue weighted by molar-refractivity contribution is 5.72. The number of esters is 1. The molecule has 1 amide bonds. The van der Waals surface area contributed by atoms with E-state index in [1.807, 2.05) is 30.3 Å². The van der Waals surface area contributed by atoms with Gasteiger partial charge in [-0.3, -0.25) is 4.79 Å². The second kappa shape index (κ2) is 11.5. The summed E-state index contributed by atoms with van der Waals surface area (Å²) in [5, 5.41) is 2.73. The molecule has 0 unspecified atom stereocenters. The van der Waals surface area contributed by atoms with Gasteiger partial charge >= 0.3 is 12.1 Å². The monoisotopic (exact) mass is 337 g/mol. The number of rotatable bonds is 10. The van der Waals surface area contributed by atoms with Crippen LogP contribution in [0.5, 0.6) is 0 Å². The molecule has 0 saturated heterocycles. The Morgan fingerprint density at radius 3 is 2.46 bits per heavy atom. The van der Waals surface area contributed by atoms with Crippen LogP contribution in [0.25, 0.3) is 0 Å². The summed E-state index contributed by atoms with van der Waals surface area (Å²) in [6, 6.07) is 9.02. The predicted octanol–water partition coefficient (Wildman–Crippen LogP) is 3.05. The Hall–Kier alpha value is -2.08. The lowest BCUT2D eigenvalue weighted by Crippen LogP contribution is -2.39. The van der Waals surface area contributed by atoms with Gasteiger partial charge in [0.15, 0.2) is 0 Å². The van der Waals surface area contributed by atoms with Crippen molar-refractivity contribution in [2.75, 3.05) is 14.2 Å². The summed E-state index contributed by atoms with van der Waals surface area (Å²) < 4.78 is 15.3. The van der Waals surface area contributed by atoms with E-state index in [0.29, 0.717) is 6.42 Å². The average molecular weight is 337 g/mol. The van der Waals surface area contributed by atoms with Crippen molar-refractivity contribution >= 4 is 12.1 Å². The van der Waals surface area contributed by atoms with Gasteiger partial charge in [-0.2, -0.15) is 0 Å². The number of carbonyl (C=O) groups excluding carboxylic acids is 2. The maximum Gasteiger partial charge on any atom is 0.407 e.